The fourth-order valence-corrected chi connectivity index (χ4v) is 2.17. The summed E-state index contributed by atoms with van der Waals surface area (Å²) in [6.07, 6.45) is -4.76. The van der Waals surface area contributed by atoms with Gasteiger partial charge in [0.05, 0.1) is 10.6 Å². The topological polar surface area (TPSA) is 48.2 Å². The van der Waals surface area contributed by atoms with Gasteiger partial charge in [-0.3, -0.25) is 0 Å². The number of rotatable bonds is 3. The van der Waals surface area contributed by atoms with E-state index in [1.165, 1.54) is 24.3 Å². The minimum Gasteiger partial charge on any atom is -0.406 e. The number of hydrogen-bond acceptors (Lipinski definition) is 4. The molecule has 0 spiro atoms. The van der Waals surface area contributed by atoms with E-state index in [2.05, 4.69) is 14.9 Å². The molecule has 124 valence electrons. The van der Waals surface area contributed by atoms with Crippen molar-refractivity contribution >= 4 is 11.6 Å². The summed E-state index contributed by atoms with van der Waals surface area (Å²) in [5, 5.41) is 3.83. The van der Waals surface area contributed by atoms with Crippen LogP contribution < -0.4 is 4.74 Å². The molecule has 0 amide bonds. The molecular weight excluding hydrogens is 352 g/mol. The van der Waals surface area contributed by atoms with E-state index < -0.39 is 12.2 Å². The van der Waals surface area contributed by atoms with Gasteiger partial charge in [0.25, 0.3) is 5.89 Å². The SMILES string of the molecule is Fc1ccc(-c2nc(-c3ccc(OC(F)(F)F)cc3)no2)c(Cl)c1. The molecule has 0 saturated heterocycles. The second-order valence-corrected chi connectivity index (χ2v) is 5.03. The second-order valence-electron chi connectivity index (χ2n) is 4.62. The zero-order valence-electron chi connectivity index (χ0n) is 11.6. The van der Waals surface area contributed by atoms with Gasteiger partial charge in [0.15, 0.2) is 0 Å². The second kappa shape index (κ2) is 6.12. The van der Waals surface area contributed by atoms with Crippen molar-refractivity contribution in [3.05, 3.63) is 53.3 Å². The molecule has 1 aromatic heterocycles. The van der Waals surface area contributed by atoms with Crippen molar-refractivity contribution in [1.82, 2.24) is 10.1 Å². The normalized spacial score (nSPS) is 11.5. The predicted molar refractivity (Wildman–Crippen MR) is 76.8 cm³/mol. The molecule has 3 aromatic rings. The maximum atomic E-state index is 13.0. The van der Waals surface area contributed by atoms with Crippen LogP contribution in [0.2, 0.25) is 5.02 Å². The summed E-state index contributed by atoms with van der Waals surface area (Å²) in [5.74, 6) is -0.671. The Hall–Kier alpha value is -2.61. The number of halogens is 5. The third-order valence-electron chi connectivity index (χ3n) is 2.93. The summed E-state index contributed by atoms with van der Waals surface area (Å²) >= 11 is 5.91. The Balaban J connectivity index is 1.85. The maximum Gasteiger partial charge on any atom is 0.573 e. The van der Waals surface area contributed by atoms with E-state index in [1.54, 1.807) is 0 Å². The Morgan fingerprint density at radius 2 is 1.75 bits per heavy atom. The van der Waals surface area contributed by atoms with Crippen LogP contribution in [0.15, 0.2) is 47.0 Å². The summed E-state index contributed by atoms with van der Waals surface area (Å²) in [6.45, 7) is 0. The number of aromatic nitrogens is 2. The Labute approximate surface area is 137 Å². The Morgan fingerprint density at radius 3 is 2.38 bits per heavy atom. The van der Waals surface area contributed by atoms with Crippen LogP contribution >= 0.6 is 11.6 Å². The van der Waals surface area contributed by atoms with E-state index in [0.29, 0.717) is 11.1 Å². The highest BCUT2D eigenvalue weighted by Crippen LogP contribution is 2.30. The quantitative estimate of drug-likeness (QED) is 0.611. The zero-order valence-corrected chi connectivity index (χ0v) is 12.4. The van der Waals surface area contributed by atoms with Crippen LogP contribution in [-0.2, 0) is 0 Å². The fraction of sp³-hybridized carbons (Fsp3) is 0.0667. The van der Waals surface area contributed by atoms with Gasteiger partial charge in [-0.15, -0.1) is 13.2 Å². The minimum atomic E-state index is -4.76. The number of nitrogens with zero attached hydrogens (tertiary/aromatic N) is 2. The molecule has 1 heterocycles. The first kappa shape index (κ1) is 16.3. The molecule has 0 fully saturated rings. The Kier molecular flexibility index (Phi) is 4.15. The molecule has 9 heteroatoms. The molecule has 0 saturated carbocycles. The molecule has 0 N–H and O–H groups in total. The molecule has 2 aromatic carbocycles. The van der Waals surface area contributed by atoms with Crippen molar-refractivity contribution in [2.45, 2.75) is 6.36 Å². The largest absolute Gasteiger partial charge is 0.573 e. The van der Waals surface area contributed by atoms with Crippen LogP contribution in [0.25, 0.3) is 22.8 Å². The molecule has 0 unspecified atom stereocenters. The molecule has 0 radical (unpaired) electrons. The van der Waals surface area contributed by atoms with Crippen molar-refractivity contribution in [2.24, 2.45) is 0 Å². The van der Waals surface area contributed by atoms with E-state index >= 15 is 0 Å². The van der Waals surface area contributed by atoms with Gasteiger partial charge in [-0.05, 0) is 42.5 Å². The third kappa shape index (κ3) is 3.65. The summed E-state index contributed by atoms with van der Waals surface area (Å²) in [5.41, 5.74) is 0.756. The van der Waals surface area contributed by atoms with Crippen molar-refractivity contribution < 1.29 is 26.8 Å². The van der Waals surface area contributed by atoms with E-state index in [0.717, 1.165) is 18.2 Å². The van der Waals surface area contributed by atoms with Crippen LogP contribution in [-0.4, -0.2) is 16.5 Å². The first-order valence-corrected chi connectivity index (χ1v) is 6.85. The minimum absolute atomic E-state index is 0.0608. The first-order valence-electron chi connectivity index (χ1n) is 6.47. The monoisotopic (exact) mass is 358 g/mol. The van der Waals surface area contributed by atoms with Crippen LogP contribution in [0, 0.1) is 5.82 Å². The average Bonchev–Trinajstić information content (AvgIpc) is 2.96. The molecule has 3 rings (SSSR count). The standard InChI is InChI=1S/C15H7ClF4N2O2/c16-12-7-9(17)3-6-11(12)14-21-13(22-24-14)8-1-4-10(5-2-8)23-15(18,19)20/h1-7H. The highest BCUT2D eigenvalue weighted by atomic mass is 35.5. The fourth-order valence-electron chi connectivity index (χ4n) is 1.92. The third-order valence-corrected chi connectivity index (χ3v) is 3.25. The molecule has 0 aliphatic heterocycles. The summed E-state index contributed by atoms with van der Waals surface area (Å²) in [6, 6.07) is 8.63. The van der Waals surface area contributed by atoms with Gasteiger partial charge in [0.1, 0.15) is 11.6 Å². The lowest BCUT2D eigenvalue weighted by molar-refractivity contribution is -0.274. The van der Waals surface area contributed by atoms with Gasteiger partial charge in [-0.2, -0.15) is 4.98 Å². The zero-order chi connectivity index (χ0) is 17.3. The van der Waals surface area contributed by atoms with Gasteiger partial charge in [0, 0.05) is 5.56 Å². The highest BCUT2D eigenvalue weighted by molar-refractivity contribution is 6.33. The summed E-state index contributed by atoms with van der Waals surface area (Å²) < 4.78 is 58.2. The van der Waals surface area contributed by atoms with Crippen LogP contribution in [0.4, 0.5) is 17.6 Å². The number of alkyl halides is 3. The van der Waals surface area contributed by atoms with Crippen LogP contribution in [0.5, 0.6) is 5.75 Å². The lowest BCUT2D eigenvalue weighted by Crippen LogP contribution is -2.16. The summed E-state index contributed by atoms with van der Waals surface area (Å²) in [4.78, 5) is 4.10. The summed E-state index contributed by atoms with van der Waals surface area (Å²) in [7, 11) is 0. The molecule has 0 aliphatic rings. The van der Waals surface area contributed by atoms with Crippen LogP contribution in [0.3, 0.4) is 0 Å². The number of ether oxygens (including phenoxy) is 1. The molecule has 0 atom stereocenters. The van der Waals surface area contributed by atoms with Gasteiger partial charge < -0.3 is 9.26 Å². The Morgan fingerprint density at radius 1 is 1.04 bits per heavy atom. The predicted octanol–water partition coefficient (Wildman–Crippen LogP) is 5.09. The number of benzene rings is 2. The first-order chi connectivity index (χ1) is 11.3. The molecule has 24 heavy (non-hydrogen) atoms. The van der Waals surface area contributed by atoms with Gasteiger partial charge in [-0.1, -0.05) is 16.8 Å². The molecule has 4 nitrogen and oxygen atoms in total. The van der Waals surface area contributed by atoms with E-state index in [9.17, 15) is 17.6 Å². The van der Waals surface area contributed by atoms with Crippen LogP contribution in [0.1, 0.15) is 0 Å². The number of hydrogen-bond donors (Lipinski definition) is 0. The molecule has 0 bridgehead atoms. The van der Waals surface area contributed by atoms with Gasteiger partial charge in [-0.25, -0.2) is 4.39 Å². The van der Waals surface area contributed by atoms with E-state index in [1.807, 2.05) is 0 Å². The van der Waals surface area contributed by atoms with Crippen molar-refractivity contribution in [3.63, 3.8) is 0 Å². The van der Waals surface area contributed by atoms with E-state index in [4.69, 9.17) is 16.1 Å². The highest BCUT2D eigenvalue weighted by Gasteiger charge is 2.31. The maximum absolute atomic E-state index is 13.0. The van der Waals surface area contributed by atoms with Crippen molar-refractivity contribution in [3.8, 4) is 28.6 Å². The lowest BCUT2D eigenvalue weighted by Gasteiger charge is -2.08. The van der Waals surface area contributed by atoms with Gasteiger partial charge in [0.2, 0.25) is 5.82 Å². The average molecular weight is 359 g/mol. The van der Waals surface area contributed by atoms with Crippen molar-refractivity contribution in [1.29, 1.82) is 0 Å². The Bertz CT molecular complexity index is 863. The smallest absolute Gasteiger partial charge is 0.406 e. The molecular formula is C15H7ClF4N2O2. The lowest BCUT2D eigenvalue weighted by atomic mass is 10.2. The van der Waals surface area contributed by atoms with E-state index in [-0.39, 0.29) is 22.5 Å². The van der Waals surface area contributed by atoms with Gasteiger partial charge >= 0.3 is 6.36 Å². The van der Waals surface area contributed by atoms with Crippen molar-refractivity contribution in [2.75, 3.05) is 0 Å². The molecule has 0 aliphatic carbocycles.